The number of nitrogens with one attached hydrogen (secondary N) is 1. The average Bonchev–Trinajstić information content (AvgIpc) is 2.45. The van der Waals surface area contributed by atoms with E-state index in [-0.39, 0.29) is 0 Å². The maximum absolute atomic E-state index is 5.67. The zero-order valence-electron chi connectivity index (χ0n) is 10.8. The topological polar surface area (TPSA) is 63.4 Å². The third-order valence-electron chi connectivity index (χ3n) is 3.16. The average molecular weight is 250 g/mol. The Balaban J connectivity index is 1.68. The summed E-state index contributed by atoms with van der Waals surface area (Å²) in [5.41, 5.74) is 6.74. The second-order valence-electron chi connectivity index (χ2n) is 4.45. The van der Waals surface area contributed by atoms with Gasteiger partial charge < -0.3 is 15.8 Å². The number of ether oxygens (including phenoxy) is 1. The number of morpholine rings is 1. The van der Waals surface area contributed by atoms with E-state index >= 15 is 0 Å². The Hall–Kier alpha value is -1.17. The SMILES string of the molecule is NCc1cccnc1NCCCN1CCOCC1. The Bertz CT molecular complexity index is 353. The van der Waals surface area contributed by atoms with Crippen molar-refractivity contribution < 1.29 is 4.74 Å². The van der Waals surface area contributed by atoms with Gasteiger partial charge in [-0.15, -0.1) is 0 Å². The molecule has 1 fully saturated rings. The lowest BCUT2D eigenvalue weighted by molar-refractivity contribution is 0.0378. The molecule has 0 unspecified atom stereocenters. The normalized spacial score (nSPS) is 16.7. The lowest BCUT2D eigenvalue weighted by atomic mass is 10.2. The highest BCUT2D eigenvalue weighted by molar-refractivity contribution is 5.43. The molecule has 1 aromatic rings. The molecule has 1 saturated heterocycles. The van der Waals surface area contributed by atoms with Gasteiger partial charge in [0.05, 0.1) is 13.2 Å². The smallest absolute Gasteiger partial charge is 0.130 e. The van der Waals surface area contributed by atoms with Crippen molar-refractivity contribution in [1.29, 1.82) is 0 Å². The first kappa shape index (κ1) is 13.3. The number of anilines is 1. The van der Waals surface area contributed by atoms with Crippen LogP contribution in [0.4, 0.5) is 5.82 Å². The first-order valence-electron chi connectivity index (χ1n) is 6.58. The van der Waals surface area contributed by atoms with Crippen molar-refractivity contribution in [3.63, 3.8) is 0 Å². The first-order chi connectivity index (χ1) is 8.90. The van der Waals surface area contributed by atoms with E-state index in [0.717, 1.165) is 57.2 Å². The van der Waals surface area contributed by atoms with Gasteiger partial charge in [0.1, 0.15) is 5.82 Å². The Labute approximate surface area is 108 Å². The van der Waals surface area contributed by atoms with E-state index < -0.39 is 0 Å². The van der Waals surface area contributed by atoms with Gasteiger partial charge in [0.15, 0.2) is 0 Å². The fourth-order valence-electron chi connectivity index (χ4n) is 2.10. The van der Waals surface area contributed by atoms with E-state index in [9.17, 15) is 0 Å². The predicted octanol–water partition coefficient (Wildman–Crippen LogP) is 0.674. The van der Waals surface area contributed by atoms with E-state index in [2.05, 4.69) is 15.2 Å². The number of hydrogen-bond acceptors (Lipinski definition) is 5. The van der Waals surface area contributed by atoms with Crippen LogP contribution in [0, 0.1) is 0 Å². The quantitative estimate of drug-likeness (QED) is 0.727. The fraction of sp³-hybridized carbons (Fsp3) is 0.615. The molecule has 0 radical (unpaired) electrons. The van der Waals surface area contributed by atoms with Crippen molar-refractivity contribution in [1.82, 2.24) is 9.88 Å². The molecule has 0 amide bonds. The van der Waals surface area contributed by atoms with Gasteiger partial charge in [-0.1, -0.05) is 6.07 Å². The Kier molecular flexibility index (Phi) is 5.38. The molecule has 0 aromatic carbocycles. The molecule has 18 heavy (non-hydrogen) atoms. The standard InChI is InChI=1S/C13H22N4O/c14-11-12-3-1-4-15-13(12)16-5-2-6-17-7-9-18-10-8-17/h1,3-4H,2,5-11,14H2,(H,15,16). The maximum atomic E-state index is 5.67. The van der Waals surface area contributed by atoms with Gasteiger partial charge >= 0.3 is 0 Å². The molecule has 5 heteroatoms. The van der Waals surface area contributed by atoms with Gasteiger partial charge in [0.2, 0.25) is 0 Å². The number of nitrogens with zero attached hydrogens (tertiary/aromatic N) is 2. The highest BCUT2D eigenvalue weighted by Crippen LogP contribution is 2.10. The monoisotopic (exact) mass is 250 g/mol. The summed E-state index contributed by atoms with van der Waals surface area (Å²) < 4.78 is 5.32. The number of nitrogens with two attached hydrogens (primary N) is 1. The largest absolute Gasteiger partial charge is 0.379 e. The molecule has 2 rings (SSSR count). The molecule has 0 spiro atoms. The van der Waals surface area contributed by atoms with E-state index in [1.54, 1.807) is 6.20 Å². The number of rotatable bonds is 6. The fourth-order valence-corrected chi connectivity index (χ4v) is 2.10. The molecule has 0 bridgehead atoms. The second kappa shape index (κ2) is 7.31. The third kappa shape index (κ3) is 3.94. The summed E-state index contributed by atoms with van der Waals surface area (Å²) in [7, 11) is 0. The molecule has 0 aliphatic carbocycles. The van der Waals surface area contributed by atoms with E-state index in [1.807, 2.05) is 12.1 Å². The van der Waals surface area contributed by atoms with Crippen LogP contribution in [0.25, 0.3) is 0 Å². The van der Waals surface area contributed by atoms with Gasteiger partial charge in [-0.05, 0) is 19.0 Å². The molecule has 5 nitrogen and oxygen atoms in total. The van der Waals surface area contributed by atoms with Crippen molar-refractivity contribution in [3.05, 3.63) is 23.9 Å². The molecule has 2 heterocycles. The summed E-state index contributed by atoms with van der Waals surface area (Å²) in [6.07, 6.45) is 2.91. The van der Waals surface area contributed by atoms with Gasteiger partial charge in [0.25, 0.3) is 0 Å². The summed E-state index contributed by atoms with van der Waals surface area (Å²) in [6, 6.07) is 3.93. The highest BCUT2D eigenvalue weighted by atomic mass is 16.5. The Morgan fingerprint density at radius 2 is 2.22 bits per heavy atom. The molecule has 1 aliphatic heterocycles. The van der Waals surface area contributed by atoms with E-state index in [0.29, 0.717) is 6.54 Å². The van der Waals surface area contributed by atoms with Gasteiger partial charge in [-0.25, -0.2) is 4.98 Å². The maximum Gasteiger partial charge on any atom is 0.130 e. The molecule has 100 valence electrons. The minimum atomic E-state index is 0.527. The number of pyridine rings is 1. The summed E-state index contributed by atoms with van der Waals surface area (Å²) >= 11 is 0. The van der Waals surface area contributed by atoms with Gasteiger partial charge in [0, 0.05) is 37.9 Å². The predicted molar refractivity (Wildman–Crippen MR) is 72.5 cm³/mol. The zero-order valence-corrected chi connectivity index (χ0v) is 10.8. The molecular weight excluding hydrogens is 228 g/mol. The third-order valence-corrected chi connectivity index (χ3v) is 3.16. The Morgan fingerprint density at radius 3 is 3.00 bits per heavy atom. The van der Waals surface area contributed by atoms with Crippen molar-refractivity contribution in [2.45, 2.75) is 13.0 Å². The molecule has 1 aliphatic rings. The van der Waals surface area contributed by atoms with Crippen LogP contribution in [0.2, 0.25) is 0 Å². The molecule has 0 saturated carbocycles. The first-order valence-corrected chi connectivity index (χ1v) is 6.58. The van der Waals surface area contributed by atoms with Gasteiger partial charge in [-0.3, -0.25) is 4.90 Å². The van der Waals surface area contributed by atoms with E-state index in [4.69, 9.17) is 10.5 Å². The van der Waals surface area contributed by atoms with Crippen LogP contribution < -0.4 is 11.1 Å². The van der Waals surface area contributed by atoms with E-state index in [1.165, 1.54) is 0 Å². The van der Waals surface area contributed by atoms with Crippen molar-refractivity contribution >= 4 is 5.82 Å². The summed E-state index contributed by atoms with van der Waals surface area (Å²) in [6.45, 7) is 6.41. The molecule has 0 atom stereocenters. The van der Waals surface area contributed by atoms with Crippen LogP contribution >= 0.6 is 0 Å². The molecular formula is C13H22N4O. The zero-order chi connectivity index (χ0) is 12.6. The minimum Gasteiger partial charge on any atom is -0.379 e. The van der Waals surface area contributed by atoms with Gasteiger partial charge in [-0.2, -0.15) is 0 Å². The van der Waals surface area contributed by atoms with Crippen LogP contribution in [0.1, 0.15) is 12.0 Å². The summed E-state index contributed by atoms with van der Waals surface area (Å²) in [5, 5.41) is 3.35. The Morgan fingerprint density at radius 1 is 1.39 bits per heavy atom. The summed E-state index contributed by atoms with van der Waals surface area (Å²) in [5.74, 6) is 0.918. The van der Waals surface area contributed by atoms with Crippen LogP contribution in [0.5, 0.6) is 0 Å². The molecule has 3 N–H and O–H groups in total. The van der Waals surface area contributed by atoms with Crippen LogP contribution in [-0.2, 0) is 11.3 Å². The second-order valence-corrected chi connectivity index (χ2v) is 4.45. The lowest BCUT2D eigenvalue weighted by Gasteiger charge is -2.26. The van der Waals surface area contributed by atoms with Crippen molar-refractivity contribution in [2.75, 3.05) is 44.7 Å². The van der Waals surface area contributed by atoms with Crippen LogP contribution in [0.15, 0.2) is 18.3 Å². The molecule has 1 aromatic heterocycles. The lowest BCUT2D eigenvalue weighted by Crippen LogP contribution is -2.37. The number of hydrogen-bond donors (Lipinski definition) is 2. The number of aromatic nitrogens is 1. The van der Waals surface area contributed by atoms with Crippen molar-refractivity contribution in [2.24, 2.45) is 5.73 Å². The minimum absolute atomic E-state index is 0.527. The van der Waals surface area contributed by atoms with Crippen LogP contribution in [-0.4, -0.2) is 49.3 Å². The highest BCUT2D eigenvalue weighted by Gasteiger charge is 2.09. The van der Waals surface area contributed by atoms with Crippen molar-refractivity contribution in [3.8, 4) is 0 Å². The van der Waals surface area contributed by atoms with Crippen LogP contribution in [0.3, 0.4) is 0 Å². The summed E-state index contributed by atoms with van der Waals surface area (Å²) in [4.78, 5) is 6.75.